The minimum absolute atomic E-state index is 0.0189. The van der Waals surface area contributed by atoms with E-state index in [2.05, 4.69) is 10.6 Å². The fraction of sp³-hybridized carbons (Fsp3) is 0.0571. The zero-order chi connectivity index (χ0) is 41.0. The summed E-state index contributed by atoms with van der Waals surface area (Å²) in [4.78, 5) is 10.7. The van der Waals surface area contributed by atoms with Crippen LogP contribution in [0.15, 0.2) is 117 Å². The number of aromatic hydroxyl groups is 2. The van der Waals surface area contributed by atoms with Gasteiger partial charge in [-0.25, -0.2) is 31.1 Å². The molecule has 0 atom stereocenters. The molecule has 0 fully saturated rings. The van der Waals surface area contributed by atoms with Crippen molar-refractivity contribution in [2.45, 2.75) is 33.4 Å². The zero-order valence-electron chi connectivity index (χ0n) is 28.8. The van der Waals surface area contributed by atoms with Gasteiger partial charge in [-0.05, 0) is 119 Å². The van der Waals surface area contributed by atoms with Crippen LogP contribution in [-0.4, -0.2) is 59.0 Å². The molecule has 2 amide bonds. The summed E-state index contributed by atoms with van der Waals surface area (Å²) in [5.74, 6) is -0.257. The van der Waals surface area contributed by atoms with E-state index in [1.807, 2.05) is 0 Å². The maximum absolute atomic E-state index is 13.3. The van der Waals surface area contributed by atoms with Gasteiger partial charge in [0.05, 0.1) is 21.2 Å². The van der Waals surface area contributed by atoms with E-state index in [0.717, 1.165) is 36.4 Å². The van der Waals surface area contributed by atoms with Gasteiger partial charge in [0.2, 0.25) is 0 Å². The standard InChI is InChI=1S/C35H30N4O13S4/c1-19-3-9-27(17-29(19)36-31-13-23-11-25(40)7-5-21(23)15-33(31)55(47,48)49)53(43,44)38-35(42)39-54(45,46)28-10-4-20(2)30(18-28)37-32-14-24-12-26(41)8-6-22(24)16-34(32)56(50,51)52/h3-18,36-37,40-41H,1-2H3,(H2,38,39,42)(H,47,48,49)(H,50,51,52). The van der Waals surface area contributed by atoms with Gasteiger partial charge in [-0.3, -0.25) is 9.11 Å². The van der Waals surface area contributed by atoms with E-state index in [0.29, 0.717) is 32.7 Å². The lowest BCUT2D eigenvalue weighted by atomic mass is 10.1. The summed E-state index contributed by atoms with van der Waals surface area (Å²) in [6.45, 7) is 3.09. The first-order chi connectivity index (χ1) is 26.0. The fourth-order valence-corrected chi connectivity index (χ4v) is 8.89. The largest absolute Gasteiger partial charge is 0.508 e. The number of carbonyl (C=O) groups is 1. The number of hydrogen-bond acceptors (Lipinski definition) is 13. The van der Waals surface area contributed by atoms with Gasteiger partial charge in [-0.2, -0.15) is 16.8 Å². The van der Waals surface area contributed by atoms with E-state index >= 15 is 0 Å². The van der Waals surface area contributed by atoms with Crippen LogP contribution in [0.4, 0.5) is 27.5 Å². The lowest BCUT2D eigenvalue weighted by Crippen LogP contribution is -2.42. The van der Waals surface area contributed by atoms with Crippen LogP contribution in [0.5, 0.6) is 11.5 Å². The molecule has 0 aromatic heterocycles. The Labute approximate surface area is 320 Å². The number of fused-ring (bicyclic) bond motifs is 2. The molecule has 0 radical (unpaired) electrons. The predicted octanol–water partition coefficient (Wildman–Crippen LogP) is 5.38. The number of urea groups is 1. The van der Waals surface area contributed by atoms with Crippen LogP contribution in [0.3, 0.4) is 0 Å². The lowest BCUT2D eigenvalue weighted by molar-refractivity contribution is 0.250. The Morgan fingerprint density at radius 2 is 0.839 bits per heavy atom. The van der Waals surface area contributed by atoms with Crippen LogP contribution >= 0.6 is 0 Å². The highest BCUT2D eigenvalue weighted by molar-refractivity contribution is 7.91. The number of carbonyl (C=O) groups excluding carboxylic acids is 1. The van der Waals surface area contributed by atoms with Crippen LogP contribution in [0.1, 0.15) is 11.1 Å². The predicted molar refractivity (Wildman–Crippen MR) is 206 cm³/mol. The average Bonchev–Trinajstić information content (AvgIpc) is 3.07. The third-order valence-corrected chi connectivity index (χ3v) is 12.9. The number of amides is 2. The van der Waals surface area contributed by atoms with E-state index in [-0.39, 0.29) is 34.2 Å². The first kappa shape index (κ1) is 39.7. The van der Waals surface area contributed by atoms with Gasteiger partial charge >= 0.3 is 6.03 Å². The Morgan fingerprint density at radius 3 is 1.20 bits per heavy atom. The number of phenolic OH excluding ortho intramolecular Hbond substituents is 2. The highest BCUT2D eigenvalue weighted by atomic mass is 32.2. The van der Waals surface area contributed by atoms with Gasteiger partial charge in [0, 0.05) is 11.4 Å². The quantitative estimate of drug-likeness (QED) is 0.0804. The molecular weight excluding hydrogens is 813 g/mol. The molecule has 8 N–H and O–H groups in total. The summed E-state index contributed by atoms with van der Waals surface area (Å²) >= 11 is 0. The van der Waals surface area contributed by atoms with Crippen LogP contribution in [0.2, 0.25) is 0 Å². The number of benzene rings is 6. The molecule has 0 aliphatic heterocycles. The molecule has 17 nitrogen and oxygen atoms in total. The van der Waals surface area contributed by atoms with E-state index in [1.165, 1.54) is 60.7 Å². The first-order valence-electron chi connectivity index (χ1n) is 15.8. The number of sulfonamides is 2. The van der Waals surface area contributed by atoms with Crippen LogP contribution in [0.25, 0.3) is 21.5 Å². The van der Waals surface area contributed by atoms with Crippen molar-refractivity contribution in [3.05, 3.63) is 108 Å². The van der Waals surface area contributed by atoms with Crippen molar-refractivity contribution in [2.75, 3.05) is 10.6 Å². The van der Waals surface area contributed by atoms with Crippen molar-refractivity contribution >= 4 is 90.6 Å². The van der Waals surface area contributed by atoms with Crippen molar-refractivity contribution in [3.8, 4) is 11.5 Å². The molecule has 292 valence electrons. The molecule has 6 aromatic rings. The van der Waals surface area contributed by atoms with Gasteiger partial charge in [0.25, 0.3) is 40.3 Å². The van der Waals surface area contributed by atoms with Crippen molar-refractivity contribution in [3.63, 3.8) is 0 Å². The monoisotopic (exact) mass is 842 g/mol. The van der Waals surface area contributed by atoms with Gasteiger partial charge in [0.1, 0.15) is 21.3 Å². The third kappa shape index (κ3) is 8.46. The van der Waals surface area contributed by atoms with Crippen molar-refractivity contribution in [1.29, 1.82) is 0 Å². The molecule has 0 saturated heterocycles. The molecule has 0 aliphatic rings. The number of phenols is 2. The summed E-state index contributed by atoms with van der Waals surface area (Å²) in [6.07, 6.45) is 0. The lowest BCUT2D eigenvalue weighted by Gasteiger charge is -2.16. The first-order valence-corrected chi connectivity index (χ1v) is 21.7. The highest BCUT2D eigenvalue weighted by Gasteiger charge is 2.26. The normalized spacial score (nSPS) is 12.4. The Hall–Kier alpha value is -5.97. The Kier molecular flexibility index (Phi) is 10.1. The molecule has 6 aromatic carbocycles. The number of rotatable bonds is 10. The molecular formula is C35H30N4O13S4. The molecule has 21 heteroatoms. The van der Waals surface area contributed by atoms with Crippen molar-refractivity contribution in [1.82, 2.24) is 9.44 Å². The molecule has 6 rings (SSSR count). The minimum atomic E-state index is -4.81. The summed E-state index contributed by atoms with van der Waals surface area (Å²) in [7, 11) is -19.2. The van der Waals surface area contributed by atoms with E-state index in [9.17, 15) is 57.8 Å². The summed E-state index contributed by atoms with van der Waals surface area (Å²) < 4.78 is 125. The van der Waals surface area contributed by atoms with Crippen LogP contribution < -0.4 is 20.1 Å². The molecule has 0 unspecified atom stereocenters. The van der Waals surface area contributed by atoms with Crippen LogP contribution in [-0.2, 0) is 40.3 Å². The Bertz CT molecular complexity index is 2880. The minimum Gasteiger partial charge on any atom is -0.508 e. The number of anilines is 4. The maximum Gasteiger partial charge on any atom is 0.342 e. The second-order valence-corrected chi connectivity index (χ2v) is 18.6. The molecule has 0 aliphatic carbocycles. The Balaban J connectivity index is 1.25. The second kappa shape index (κ2) is 14.3. The molecule has 0 bridgehead atoms. The third-order valence-electron chi connectivity index (χ3n) is 8.43. The van der Waals surface area contributed by atoms with Gasteiger partial charge < -0.3 is 20.8 Å². The average molecular weight is 843 g/mol. The number of aryl methyl sites for hydroxylation is 2. The fourth-order valence-electron chi connectivity index (χ4n) is 5.63. The van der Waals surface area contributed by atoms with Crippen molar-refractivity contribution in [2.24, 2.45) is 0 Å². The molecule has 0 saturated carbocycles. The summed E-state index contributed by atoms with van der Waals surface area (Å²) in [5, 5.41) is 26.8. The highest BCUT2D eigenvalue weighted by Crippen LogP contribution is 2.35. The molecule has 0 heterocycles. The van der Waals surface area contributed by atoms with Crippen LogP contribution in [0, 0.1) is 13.8 Å². The Morgan fingerprint density at radius 1 is 0.464 bits per heavy atom. The summed E-state index contributed by atoms with van der Waals surface area (Å²) in [6, 6.07) is 18.3. The SMILES string of the molecule is Cc1ccc(S(=O)(=O)NC(=O)NS(=O)(=O)c2ccc(C)c(Nc3cc4cc(O)ccc4cc3S(=O)(=O)O)c2)cc1Nc1cc2cc(O)ccc2cc1S(=O)(=O)O. The van der Waals surface area contributed by atoms with E-state index < -0.39 is 65.9 Å². The molecule has 0 spiro atoms. The maximum atomic E-state index is 13.3. The van der Waals surface area contributed by atoms with Crippen molar-refractivity contribution < 1.29 is 57.8 Å². The van der Waals surface area contributed by atoms with Gasteiger partial charge in [0.15, 0.2) is 0 Å². The summed E-state index contributed by atoms with van der Waals surface area (Å²) in [5.41, 5.74) is 0.461. The smallest absolute Gasteiger partial charge is 0.342 e. The molecule has 56 heavy (non-hydrogen) atoms. The number of hydrogen-bond donors (Lipinski definition) is 8. The zero-order valence-corrected chi connectivity index (χ0v) is 32.1. The number of nitrogens with one attached hydrogen (secondary N) is 4. The van der Waals surface area contributed by atoms with E-state index in [4.69, 9.17) is 0 Å². The van der Waals surface area contributed by atoms with Gasteiger partial charge in [-0.15, -0.1) is 0 Å². The second-order valence-electron chi connectivity index (χ2n) is 12.5. The van der Waals surface area contributed by atoms with Gasteiger partial charge in [-0.1, -0.05) is 24.3 Å². The topological polar surface area (TPSA) is 283 Å². The van der Waals surface area contributed by atoms with E-state index in [1.54, 1.807) is 23.3 Å².